The van der Waals surface area contributed by atoms with E-state index in [-0.39, 0.29) is 11.8 Å². The number of esters is 1. The second-order valence-corrected chi connectivity index (χ2v) is 7.03. The zero-order chi connectivity index (χ0) is 16.0. The molecule has 1 saturated carbocycles. The number of nitrogens with one attached hydrogen (secondary N) is 2. The van der Waals surface area contributed by atoms with Crippen LogP contribution in [0.3, 0.4) is 0 Å². The highest BCUT2D eigenvalue weighted by Gasteiger charge is 2.37. The Hall–Kier alpha value is -0.810. The van der Waals surface area contributed by atoms with Gasteiger partial charge in [0.05, 0.1) is 7.11 Å². The van der Waals surface area contributed by atoms with Gasteiger partial charge in [0.25, 0.3) is 0 Å². The van der Waals surface area contributed by atoms with E-state index >= 15 is 0 Å². The second-order valence-electron chi connectivity index (χ2n) is 6.82. The van der Waals surface area contributed by atoms with Crippen LogP contribution >= 0.6 is 11.8 Å². The average Bonchev–Trinajstić information content (AvgIpc) is 2.44. The smallest absolute Gasteiger partial charge is 0.328 e. The van der Waals surface area contributed by atoms with Crippen LogP contribution in [0.5, 0.6) is 0 Å². The van der Waals surface area contributed by atoms with Crippen LogP contribution in [-0.2, 0) is 14.3 Å². The molecule has 0 bridgehead atoms. The number of hydrogen-bond acceptors (Lipinski definition) is 4. The first-order valence-electron chi connectivity index (χ1n) is 7.55. The predicted octanol–water partition coefficient (Wildman–Crippen LogP) is 2.38. The average molecular weight is 319 g/mol. The van der Waals surface area contributed by atoms with Crippen molar-refractivity contribution in [2.75, 3.05) is 7.11 Å². The maximum absolute atomic E-state index is 12.5. The van der Waals surface area contributed by atoms with E-state index < -0.39 is 23.5 Å². The summed E-state index contributed by atoms with van der Waals surface area (Å²) in [6.45, 7) is 5.66. The Morgan fingerprint density at radius 3 is 2.19 bits per heavy atom. The van der Waals surface area contributed by atoms with Gasteiger partial charge in [0.15, 0.2) is 0 Å². The van der Waals surface area contributed by atoms with E-state index in [1.165, 1.54) is 13.5 Å². The molecule has 0 spiro atoms. The van der Waals surface area contributed by atoms with Crippen molar-refractivity contribution in [2.45, 2.75) is 65.0 Å². The van der Waals surface area contributed by atoms with Gasteiger partial charge in [0.2, 0.25) is 5.91 Å². The molecule has 0 aliphatic heterocycles. The number of hydrogen-bond donors (Lipinski definition) is 2. The van der Waals surface area contributed by atoms with Crippen molar-refractivity contribution in [3.8, 4) is 0 Å². The van der Waals surface area contributed by atoms with Crippen LogP contribution in [0.15, 0.2) is 0 Å². The first kappa shape index (κ1) is 18.2. The molecular formula is C15H27ClN2O3. The molecule has 0 aromatic carbocycles. The summed E-state index contributed by atoms with van der Waals surface area (Å²) in [6.07, 6.45) is 5.41. The van der Waals surface area contributed by atoms with E-state index in [1.807, 2.05) is 20.8 Å². The SMILES string of the molecule is COC(=O)[C@@H](NC(=O)C(NCl)C1CCCCC1)C(C)(C)C. The molecule has 122 valence electrons. The lowest BCUT2D eigenvalue weighted by Crippen LogP contribution is -2.55. The van der Waals surface area contributed by atoms with Crippen LogP contribution in [0.2, 0.25) is 0 Å². The standard InChI is InChI=1S/C15H27ClN2O3/c1-15(2,3)12(14(20)21-4)17-13(19)11(18-16)10-8-6-5-7-9-10/h10-12,18H,5-9H2,1-4H3,(H,17,19)/t11?,12-/m1/s1. The quantitative estimate of drug-likeness (QED) is 0.603. The number of carbonyl (C=O) groups excluding carboxylic acids is 2. The lowest BCUT2D eigenvalue weighted by atomic mass is 9.83. The van der Waals surface area contributed by atoms with Gasteiger partial charge in [-0.15, -0.1) is 0 Å². The molecule has 5 nitrogen and oxygen atoms in total. The lowest BCUT2D eigenvalue weighted by molar-refractivity contribution is -0.148. The number of methoxy groups -OCH3 is 1. The summed E-state index contributed by atoms with van der Waals surface area (Å²) in [7, 11) is 1.33. The van der Waals surface area contributed by atoms with Crippen LogP contribution in [0.25, 0.3) is 0 Å². The molecular weight excluding hydrogens is 292 g/mol. The van der Waals surface area contributed by atoms with Crippen molar-refractivity contribution in [3.63, 3.8) is 0 Å². The van der Waals surface area contributed by atoms with Crippen LogP contribution in [0.4, 0.5) is 0 Å². The van der Waals surface area contributed by atoms with Gasteiger partial charge in [-0.1, -0.05) is 40.0 Å². The highest BCUT2D eigenvalue weighted by atomic mass is 35.5. The Balaban J connectivity index is 2.76. The number of rotatable bonds is 5. The van der Waals surface area contributed by atoms with E-state index in [1.54, 1.807) is 0 Å². The molecule has 1 aliphatic rings. The minimum absolute atomic E-state index is 0.217. The van der Waals surface area contributed by atoms with Gasteiger partial charge >= 0.3 is 5.97 Å². The van der Waals surface area contributed by atoms with E-state index in [4.69, 9.17) is 16.5 Å². The molecule has 1 rings (SSSR count). The van der Waals surface area contributed by atoms with Crippen LogP contribution in [0, 0.1) is 11.3 Å². The molecule has 2 N–H and O–H groups in total. The second kappa shape index (κ2) is 7.99. The van der Waals surface area contributed by atoms with Crippen molar-refractivity contribution in [2.24, 2.45) is 11.3 Å². The van der Waals surface area contributed by atoms with E-state index in [9.17, 15) is 9.59 Å². The Bertz CT molecular complexity index is 362. The summed E-state index contributed by atoms with van der Waals surface area (Å²) in [5.41, 5.74) is -0.424. The molecule has 6 heteroatoms. The fourth-order valence-electron chi connectivity index (χ4n) is 2.80. The van der Waals surface area contributed by atoms with Gasteiger partial charge in [0.1, 0.15) is 12.1 Å². The van der Waals surface area contributed by atoms with Crippen molar-refractivity contribution in [1.29, 1.82) is 0 Å². The summed E-state index contributed by atoms with van der Waals surface area (Å²) in [4.78, 5) is 27.0. The van der Waals surface area contributed by atoms with Gasteiger partial charge in [0, 0.05) is 0 Å². The Labute approximate surface area is 132 Å². The third-order valence-electron chi connectivity index (χ3n) is 4.11. The zero-order valence-electron chi connectivity index (χ0n) is 13.4. The first-order valence-corrected chi connectivity index (χ1v) is 7.93. The fraction of sp³-hybridized carbons (Fsp3) is 0.867. The molecule has 0 radical (unpaired) electrons. The van der Waals surface area contributed by atoms with Gasteiger partial charge in [-0.3, -0.25) is 4.79 Å². The third-order valence-corrected chi connectivity index (χ3v) is 4.35. The van der Waals surface area contributed by atoms with E-state index in [0.29, 0.717) is 0 Å². The molecule has 21 heavy (non-hydrogen) atoms. The molecule has 0 heterocycles. The molecule has 1 aliphatic carbocycles. The molecule has 1 fully saturated rings. The van der Waals surface area contributed by atoms with Crippen LogP contribution < -0.4 is 10.2 Å². The number of ether oxygens (including phenoxy) is 1. The largest absolute Gasteiger partial charge is 0.467 e. The fourth-order valence-corrected chi connectivity index (χ4v) is 3.08. The van der Waals surface area contributed by atoms with Gasteiger partial charge in [-0.2, -0.15) is 0 Å². The molecule has 1 unspecified atom stereocenters. The number of amides is 1. The lowest BCUT2D eigenvalue weighted by Gasteiger charge is -2.33. The monoisotopic (exact) mass is 318 g/mol. The Morgan fingerprint density at radius 1 is 1.19 bits per heavy atom. The van der Waals surface area contributed by atoms with Gasteiger partial charge in [-0.05, 0) is 36.0 Å². The zero-order valence-corrected chi connectivity index (χ0v) is 14.1. The molecule has 0 aromatic rings. The van der Waals surface area contributed by atoms with Crippen molar-refractivity contribution >= 4 is 23.7 Å². The minimum Gasteiger partial charge on any atom is -0.467 e. The van der Waals surface area contributed by atoms with E-state index in [2.05, 4.69) is 10.2 Å². The molecule has 0 aromatic heterocycles. The van der Waals surface area contributed by atoms with E-state index in [0.717, 1.165) is 25.7 Å². The topological polar surface area (TPSA) is 67.4 Å². The van der Waals surface area contributed by atoms with Crippen molar-refractivity contribution in [1.82, 2.24) is 10.2 Å². The summed E-state index contributed by atoms with van der Waals surface area (Å²) >= 11 is 5.78. The highest BCUT2D eigenvalue weighted by molar-refractivity contribution is 6.15. The first-order chi connectivity index (χ1) is 9.81. The van der Waals surface area contributed by atoms with Crippen LogP contribution in [0.1, 0.15) is 52.9 Å². The van der Waals surface area contributed by atoms with Gasteiger partial charge < -0.3 is 10.1 Å². The van der Waals surface area contributed by atoms with Crippen LogP contribution in [-0.4, -0.2) is 31.1 Å². The highest BCUT2D eigenvalue weighted by Crippen LogP contribution is 2.27. The normalized spacial score (nSPS) is 19.7. The summed E-state index contributed by atoms with van der Waals surface area (Å²) in [5.74, 6) is -0.454. The van der Waals surface area contributed by atoms with Crippen molar-refractivity contribution in [3.05, 3.63) is 0 Å². The summed E-state index contributed by atoms with van der Waals surface area (Å²) < 4.78 is 4.79. The maximum atomic E-state index is 12.5. The molecule has 1 amide bonds. The minimum atomic E-state index is -0.689. The predicted molar refractivity (Wildman–Crippen MR) is 82.8 cm³/mol. The number of halogens is 1. The van der Waals surface area contributed by atoms with Gasteiger partial charge in [-0.25, -0.2) is 9.63 Å². The maximum Gasteiger partial charge on any atom is 0.328 e. The molecule has 0 saturated heterocycles. The Morgan fingerprint density at radius 2 is 1.76 bits per heavy atom. The summed E-state index contributed by atoms with van der Waals surface area (Å²) in [6, 6.07) is -1.16. The number of carbonyl (C=O) groups is 2. The van der Waals surface area contributed by atoms with Crippen molar-refractivity contribution < 1.29 is 14.3 Å². The Kier molecular flexibility index (Phi) is 6.94. The third kappa shape index (κ3) is 5.15. The summed E-state index contributed by atoms with van der Waals surface area (Å²) in [5, 5.41) is 2.80. The molecule has 2 atom stereocenters.